The molecule has 0 amide bonds. The SMILES string of the molecule is CC1CCC(N)(c2ccc(OC(C)C)cc2)C(C)C1. The number of ether oxygens (including phenoxy) is 1. The van der Waals surface area contributed by atoms with E-state index in [-0.39, 0.29) is 11.6 Å². The van der Waals surface area contributed by atoms with Gasteiger partial charge in [-0.3, -0.25) is 0 Å². The first-order valence-corrected chi connectivity index (χ1v) is 7.48. The van der Waals surface area contributed by atoms with Crippen molar-refractivity contribution in [1.29, 1.82) is 0 Å². The van der Waals surface area contributed by atoms with E-state index in [2.05, 4.69) is 38.1 Å². The van der Waals surface area contributed by atoms with Gasteiger partial charge in [-0.15, -0.1) is 0 Å². The molecule has 19 heavy (non-hydrogen) atoms. The minimum Gasteiger partial charge on any atom is -0.491 e. The summed E-state index contributed by atoms with van der Waals surface area (Å²) in [5.74, 6) is 2.27. The molecule has 0 aromatic heterocycles. The molecule has 2 N–H and O–H groups in total. The van der Waals surface area contributed by atoms with Crippen molar-refractivity contribution >= 4 is 0 Å². The van der Waals surface area contributed by atoms with Crippen molar-refractivity contribution in [1.82, 2.24) is 0 Å². The van der Waals surface area contributed by atoms with Crippen molar-refractivity contribution < 1.29 is 4.74 Å². The van der Waals surface area contributed by atoms with E-state index in [0.717, 1.165) is 18.1 Å². The average Bonchev–Trinajstić information content (AvgIpc) is 2.34. The smallest absolute Gasteiger partial charge is 0.119 e. The Morgan fingerprint density at radius 2 is 1.84 bits per heavy atom. The first-order valence-electron chi connectivity index (χ1n) is 7.48. The molecule has 1 aliphatic rings. The zero-order chi connectivity index (χ0) is 14.0. The molecular weight excluding hydrogens is 234 g/mol. The highest BCUT2D eigenvalue weighted by Gasteiger charge is 2.38. The van der Waals surface area contributed by atoms with Crippen LogP contribution in [0.25, 0.3) is 0 Å². The number of benzene rings is 1. The molecule has 1 aromatic rings. The van der Waals surface area contributed by atoms with Gasteiger partial charge in [0.15, 0.2) is 0 Å². The molecule has 1 fully saturated rings. The summed E-state index contributed by atoms with van der Waals surface area (Å²) < 4.78 is 5.69. The summed E-state index contributed by atoms with van der Waals surface area (Å²) in [6.45, 7) is 8.70. The van der Waals surface area contributed by atoms with Crippen LogP contribution in [-0.4, -0.2) is 6.10 Å². The van der Waals surface area contributed by atoms with Crippen molar-refractivity contribution in [3.05, 3.63) is 29.8 Å². The Morgan fingerprint density at radius 1 is 1.21 bits per heavy atom. The van der Waals surface area contributed by atoms with E-state index in [1.165, 1.54) is 18.4 Å². The van der Waals surface area contributed by atoms with Gasteiger partial charge in [0.05, 0.1) is 6.10 Å². The molecule has 1 aliphatic carbocycles. The number of rotatable bonds is 3. The summed E-state index contributed by atoms with van der Waals surface area (Å²) in [6, 6.07) is 8.39. The van der Waals surface area contributed by atoms with E-state index >= 15 is 0 Å². The minimum atomic E-state index is -0.164. The maximum atomic E-state index is 6.70. The fourth-order valence-corrected chi connectivity index (χ4v) is 3.21. The second kappa shape index (κ2) is 5.54. The molecule has 2 rings (SSSR count). The quantitative estimate of drug-likeness (QED) is 0.889. The van der Waals surface area contributed by atoms with Crippen LogP contribution in [0.5, 0.6) is 5.75 Å². The zero-order valence-electron chi connectivity index (χ0n) is 12.6. The summed E-state index contributed by atoms with van der Waals surface area (Å²) in [5, 5.41) is 0. The normalized spacial score (nSPS) is 31.5. The van der Waals surface area contributed by atoms with Crippen LogP contribution in [0.2, 0.25) is 0 Å². The highest BCUT2D eigenvalue weighted by molar-refractivity contribution is 5.32. The molecule has 1 saturated carbocycles. The Balaban J connectivity index is 2.16. The van der Waals surface area contributed by atoms with Gasteiger partial charge in [0.2, 0.25) is 0 Å². The highest BCUT2D eigenvalue weighted by Crippen LogP contribution is 2.41. The molecule has 0 heterocycles. The van der Waals surface area contributed by atoms with Crippen LogP contribution in [0.1, 0.15) is 52.5 Å². The Kier molecular flexibility index (Phi) is 4.19. The lowest BCUT2D eigenvalue weighted by molar-refractivity contribution is 0.164. The Labute approximate surface area is 117 Å². The first kappa shape index (κ1) is 14.4. The standard InChI is InChI=1S/C17H27NO/c1-12(2)19-16-7-5-15(6-8-16)17(18)10-9-13(3)11-14(17)4/h5-8,12-14H,9-11,18H2,1-4H3. The van der Waals surface area contributed by atoms with Crippen molar-refractivity contribution in [2.24, 2.45) is 17.6 Å². The third-order valence-corrected chi connectivity index (χ3v) is 4.45. The molecule has 106 valence electrons. The first-order chi connectivity index (χ1) is 8.91. The molecule has 0 radical (unpaired) electrons. The molecule has 2 nitrogen and oxygen atoms in total. The van der Waals surface area contributed by atoms with Gasteiger partial charge in [-0.05, 0) is 62.6 Å². The van der Waals surface area contributed by atoms with Gasteiger partial charge in [-0.25, -0.2) is 0 Å². The largest absolute Gasteiger partial charge is 0.491 e. The van der Waals surface area contributed by atoms with Gasteiger partial charge in [0.1, 0.15) is 5.75 Å². The summed E-state index contributed by atoms with van der Waals surface area (Å²) in [6.07, 6.45) is 3.75. The van der Waals surface area contributed by atoms with Crippen molar-refractivity contribution in [3.63, 3.8) is 0 Å². The maximum Gasteiger partial charge on any atom is 0.119 e. The second-order valence-electron chi connectivity index (χ2n) is 6.51. The lowest BCUT2D eigenvalue weighted by atomic mass is 9.67. The number of hydrogen-bond acceptors (Lipinski definition) is 2. The van der Waals surface area contributed by atoms with E-state index in [4.69, 9.17) is 10.5 Å². The fourth-order valence-electron chi connectivity index (χ4n) is 3.21. The Hall–Kier alpha value is -1.02. The zero-order valence-corrected chi connectivity index (χ0v) is 12.6. The van der Waals surface area contributed by atoms with Crippen LogP contribution < -0.4 is 10.5 Å². The van der Waals surface area contributed by atoms with E-state index in [1.54, 1.807) is 0 Å². The topological polar surface area (TPSA) is 35.2 Å². The summed E-state index contributed by atoms with van der Waals surface area (Å²) in [4.78, 5) is 0. The molecular formula is C17H27NO. The van der Waals surface area contributed by atoms with Crippen molar-refractivity contribution in [2.45, 2.75) is 58.6 Å². The van der Waals surface area contributed by atoms with Crippen molar-refractivity contribution in [2.75, 3.05) is 0 Å². The predicted octanol–water partition coefficient (Wildman–Crippen LogP) is 4.08. The fraction of sp³-hybridized carbons (Fsp3) is 0.647. The van der Waals surface area contributed by atoms with E-state index in [0.29, 0.717) is 5.92 Å². The van der Waals surface area contributed by atoms with Crippen LogP contribution >= 0.6 is 0 Å². The summed E-state index contributed by atoms with van der Waals surface area (Å²) in [5.41, 5.74) is 7.79. The predicted molar refractivity (Wildman–Crippen MR) is 80.3 cm³/mol. The third-order valence-electron chi connectivity index (χ3n) is 4.45. The Bertz CT molecular complexity index is 412. The van der Waals surface area contributed by atoms with Crippen LogP contribution in [0, 0.1) is 11.8 Å². The third kappa shape index (κ3) is 3.11. The van der Waals surface area contributed by atoms with E-state index in [1.807, 2.05) is 13.8 Å². The lowest BCUT2D eigenvalue weighted by Crippen LogP contribution is -2.46. The van der Waals surface area contributed by atoms with Crippen LogP contribution in [-0.2, 0) is 5.54 Å². The van der Waals surface area contributed by atoms with Gasteiger partial charge in [0, 0.05) is 5.54 Å². The minimum absolute atomic E-state index is 0.164. The Morgan fingerprint density at radius 3 is 2.37 bits per heavy atom. The maximum absolute atomic E-state index is 6.70. The number of hydrogen-bond donors (Lipinski definition) is 1. The van der Waals surface area contributed by atoms with Gasteiger partial charge in [-0.1, -0.05) is 26.0 Å². The highest BCUT2D eigenvalue weighted by atomic mass is 16.5. The monoisotopic (exact) mass is 261 g/mol. The molecule has 0 saturated heterocycles. The molecule has 0 bridgehead atoms. The molecule has 3 unspecified atom stereocenters. The van der Waals surface area contributed by atoms with Crippen molar-refractivity contribution in [3.8, 4) is 5.75 Å². The second-order valence-corrected chi connectivity index (χ2v) is 6.51. The van der Waals surface area contributed by atoms with Gasteiger partial charge >= 0.3 is 0 Å². The van der Waals surface area contributed by atoms with Gasteiger partial charge < -0.3 is 10.5 Å². The molecule has 1 aromatic carbocycles. The van der Waals surface area contributed by atoms with Crippen LogP contribution in [0.15, 0.2) is 24.3 Å². The molecule has 2 heteroatoms. The summed E-state index contributed by atoms with van der Waals surface area (Å²) >= 11 is 0. The average molecular weight is 261 g/mol. The summed E-state index contributed by atoms with van der Waals surface area (Å²) in [7, 11) is 0. The van der Waals surface area contributed by atoms with Gasteiger partial charge in [0.25, 0.3) is 0 Å². The van der Waals surface area contributed by atoms with E-state index < -0.39 is 0 Å². The molecule has 0 aliphatic heterocycles. The van der Waals surface area contributed by atoms with Gasteiger partial charge in [-0.2, -0.15) is 0 Å². The van der Waals surface area contributed by atoms with Crippen LogP contribution in [0.3, 0.4) is 0 Å². The number of nitrogens with two attached hydrogens (primary N) is 1. The molecule has 0 spiro atoms. The van der Waals surface area contributed by atoms with E-state index in [9.17, 15) is 0 Å². The lowest BCUT2D eigenvalue weighted by Gasteiger charge is -2.42. The van der Waals surface area contributed by atoms with Crippen LogP contribution in [0.4, 0.5) is 0 Å². The molecule has 3 atom stereocenters.